The van der Waals surface area contributed by atoms with Crippen LogP contribution in [0.25, 0.3) is 11.0 Å². The Morgan fingerprint density at radius 2 is 2.06 bits per heavy atom. The summed E-state index contributed by atoms with van der Waals surface area (Å²) in [5.41, 5.74) is 2.26. The van der Waals surface area contributed by atoms with Crippen molar-refractivity contribution in [3.8, 4) is 0 Å². The molecule has 2 rings (SSSR count). The van der Waals surface area contributed by atoms with Crippen molar-refractivity contribution >= 4 is 11.0 Å². The van der Waals surface area contributed by atoms with Gasteiger partial charge in [0, 0.05) is 37.1 Å². The van der Waals surface area contributed by atoms with E-state index in [0.717, 1.165) is 37.3 Å². The zero-order valence-electron chi connectivity index (χ0n) is 11.1. The van der Waals surface area contributed by atoms with E-state index in [2.05, 4.69) is 31.0 Å². The summed E-state index contributed by atoms with van der Waals surface area (Å²) in [5, 5.41) is 10.1. The van der Waals surface area contributed by atoms with Gasteiger partial charge in [0.15, 0.2) is 0 Å². The predicted molar refractivity (Wildman–Crippen MR) is 73.6 cm³/mol. The fourth-order valence-electron chi connectivity index (χ4n) is 2.30. The molecule has 0 fully saturated rings. The van der Waals surface area contributed by atoms with E-state index >= 15 is 0 Å². The third-order valence-electron chi connectivity index (χ3n) is 3.23. The molecule has 1 aromatic heterocycles. The molecule has 0 spiro atoms. The van der Waals surface area contributed by atoms with Gasteiger partial charge in [-0.2, -0.15) is 0 Å². The zero-order chi connectivity index (χ0) is 13.0. The van der Waals surface area contributed by atoms with Gasteiger partial charge in [0.05, 0.1) is 0 Å². The summed E-state index contributed by atoms with van der Waals surface area (Å²) in [6, 6.07) is 8.19. The highest BCUT2D eigenvalue weighted by molar-refractivity contribution is 5.82. The second-order valence-corrected chi connectivity index (χ2v) is 4.67. The van der Waals surface area contributed by atoms with Crippen LogP contribution in [0.2, 0.25) is 0 Å². The van der Waals surface area contributed by atoms with Gasteiger partial charge < -0.3 is 14.4 Å². The first-order valence-corrected chi connectivity index (χ1v) is 6.55. The summed E-state index contributed by atoms with van der Waals surface area (Å²) in [4.78, 5) is 2.23. The van der Waals surface area contributed by atoms with E-state index in [0.29, 0.717) is 0 Å². The van der Waals surface area contributed by atoms with Crippen LogP contribution < -0.4 is 0 Å². The number of fused-ring (bicyclic) bond motifs is 1. The molecule has 1 heterocycles. The van der Waals surface area contributed by atoms with Crippen molar-refractivity contribution in [1.29, 1.82) is 0 Å². The van der Waals surface area contributed by atoms with Gasteiger partial charge in [0.2, 0.25) is 0 Å². The van der Waals surface area contributed by atoms with Gasteiger partial charge in [0.25, 0.3) is 0 Å². The first kappa shape index (κ1) is 13.1. The van der Waals surface area contributed by atoms with E-state index in [1.165, 1.54) is 10.9 Å². The van der Waals surface area contributed by atoms with E-state index in [1.807, 2.05) is 12.1 Å². The number of benzene rings is 1. The Morgan fingerprint density at radius 3 is 2.78 bits per heavy atom. The lowest BCUT2D eigenvalue weighted by Crippen LogP contribution is -2.20. The molecule has 98 valence electrons. The van der Waals surface area contributed by atoms with Crippen molar-refractivity contribution in [3.05, 3.63) is 35.6 Å². The van der Waals surface area contributed by atoms with Crippen LogP contribution in [0.4, 0.5) is 0 Å². The molecule has 3 nitrogen and oxygen atoms in total. The maximum atomic E-state index is 8.87. The van der Waals surface area contributed by atoms with E-state index in [1.54, 1.807) is 0 Å². The van der Waals surface area contributed by atoms with Gasteiger partial charge in [-0.25, -0.2) is 0 Å². The lowest BCUT2D eigenvalue weighted by Gasteiger charge is -2.15. The van der Waals surface area contributed by atoms with Crippen molar-refractivity contribution in [1.82, 2.24) is 4.90 Å². The summed E-state index contributed by atoms with van der Waals surface area (Å²) in [6.45, 7) is 4.14. The average molecular weight is 247 g/mol. The Hall–Kier alpha value is -1.32. The molecule has 0 amide bonds. The van der Waals surface area contributed by atoms with Crippen molar-refractivity contribution in [2.24, 2.45) is 0 Å². The van der Waals surface area contributed by atoms with Gasteiger partial charge in [0.1, 0.15) is 11.3 Å². The fraction of sp³-hybridized carbons (Fsp3) is 0.467. The van der Waals surface area contributed by atoms with Crippen LogP contribution in [-0.2, 0) is 13.0 Å². The zero-order valence-corrected chi connectivity index (χ0v) is 11.1. The minimum Gasteiger partial charge on any atom is -0.461 e. The summed E-state index contributed by atoms with van der Waals surface area (Å²) in [7, 11) is 2.08. The Labute approximate surface area is 108 Å². The number of hydrogen-bond acceptors (Lipinski definition) is 3. The first-order valence-electron chi connectivity index (χ1n) is 6.55. The van der Waals surface area contributed by atoms with E-state index in [-0.39, 0.29) is 6.61 Å². The number of nitrogens with zero attached hydrogens (tertiary/aromatic N) is 1. The number of rotatable bonds is 6. The van der Waals surface area contributed by atoms with Crippen LogP contribution in [0.5, 0.6) is 0 Å². The van der Waals surface area contributed by atoms with E-state index in [4.69, 9.17) is 9.52 Å². The Balaban J connectivity index is 2.25. The lowest BCUT2D eigenvalue weighted by atomic mass is 10.1. The molecule has 0 aliphatic heterocycles. The number of hydrogen-bond donors (Lipinski definition) is 1. The highest BCUT2D eigenvalue weighted by Crippen LogP contribution is 2.27. The topological polar surface area (TPSA) is 36.6 Å². The largest absolute Gasteiger partial charge is 0.461 e. The van der Waals surface area contributed by atoms with E-state index in [9.17, 15) is 0 Å². The number of aryl methyl sites for hydroxylation is 1. The third-order valence-corrected chi connectivity index (χ3v) is 3.23. The second-order valence-electron chi connectivity index (χ2n) is 4.67. The molecular formula is C15H21NO2. The standard InChI is InChI=1S/C15H21NO2/c1-3-14-13(11-16(2)9-6-10-17)12-7-4-5-8-15(12)18-14/h4-5,7-8,17H,3,6,9-11H2,1-2H3. The highest BCUT2D eigenvalue weighted by atomic mass is 16.3. The highest BCUT2D eigenvalue weighted by Gasteiger charge is 2.13. The molecular weight excluding hydrogens is 226 g/mol. The van der Waals surface area contributed by atoms with Gasteiger partial charge in [-0.3, -0.25) is 0 Å². The van der Waals surface area contributed by atoms with Crippen molar-refractivity contribution in [2.45, 2.75) is 26.3 Å². The molecule has 1 N–H and O–H groups in total. The molecule has 0 saturated carbocycles. The summed E-state index contributed by atoms with van der Waals surface area (Å²) in [6.07, 6.45) is 1.73. The number of aliphatic hydroxyl groups excluding tert-OH is 1. The summed E-state index contributed by atoms with van der Waals surface area (Å²) < 4.78 is 5.88. The maximum absolute atomic E-state index is 8.87. The van der Waals surface area contributed by atoms with Crippen molar-refractivity contribution < 1.29 is 9.52 Å². The van der Waals surface area contributed by atoms with Crippen LogP contribution in [0.3, 0.4) is 0 Å². The van der Waals surface area contributed by atoms with Gasteiger partial charge in [-0.15, -0.1) is 0 Å². The summed E-state index contributed by atoms with van der Waals surface area (Å²) in [5.74, 6) is 1.08. The Bertz CT molecular complexity index is 504. The molecule has 2 aromatic rings. The van der Waals surface area contributed by atoms with Crippen molar-refractivity contribution in [2.75, 3.05) is 20.2 Å². The molecule has 0 unspecified atom stereocenters. The van der Waals surface area contributed by atoms with Gasteiger partial charge in [-0.1, -0.05) is 25.1 Å². The third kappa shape index (κ3) is 2.74. The van der Waals surface area contributed by atoms with Crippen LogP contribution in [0, 0.1) is 0 Å². The minimum atomic E-state index is 0.247. The Morgan fingerprint density at radius 1 is 1.28 bits per heavy atom. The Kier molecular flexibility index (Phi) is 4.39. The molecule has 3 heteroatoms. The molecule has 18 heavy (non-hydrogen) atoms. The summed E-state index contributed by atoms with van der Waals surface area (Å²) >= 11 is 0. The molecule has 0 bridgehead atoms. The quantitative estimate of drug-likeness (QED) is 0.852. The van der Waals surface area contributed by atoms with Crippen LogP contribution in [0.1, 0.15) is 24.7 Å². The fourth-order valence-corrected chi connectivity index (χ4v) is 2.30. The average Bonchev–Trinajstić information content (AvgIpc) is 2.75. The SMILES string of the molecule is CCc1oc2ccccc2c1CN(C)CCCO. The lowest BCUT2D eigenvalue weighted by molar-refractivity contribution is 0.244. The first-order chi connectivity index (χ1) is 8.76. The second kappa shape index (κ2) is 6.03. The number of para-hydroxylation sites is 1. The molecule has 1 aromatic carbocycles. The molecule has 0 aliphatic carbocycles. The van der Waals surface area contributed by atoms with E-state index < -0.39 is 0 Å². The smallest absolute Gasteiger partial charge is 0.134 e. The minimum absolute atomic E-state index is 0.247. The normalized spacial score (nSPS) is 11.6. The predicted octanol–water partition coefficient (Wildman–Crippen LogP) is 2.81. The molecule has 0 atom stereocenters. The molecule has 0 saturated heterocycles. The number of furan rings is 1. The van der Waals surface area contributed by atoms with Crippen LogP contribution in [-0.4, -0.2) is 30.2 Å². The van der Waals surface area contributed by atoms with Crippen LogP contribution >= 0.6 is 0 Å². The maximum Gasteiger partial charge on any atom is 0.134 e. The van der Waals surface area contributed by atoms with Crippen molar-refractivity contribution in [3.63, 3.8) is 0 Å². The monoisotopic (exact) mass is 247 g/mol. The number of aliphatic hydroxyl groups is 1. The van der Waals surface area contributed by atoms with Gasteiger partial charge in [-0.05, 0) is 19.5 Å². The van der Waals surface area contributed by atoms with Gasteiger partial charge >= 0.3 is 0 Å². The molecule has 0 radical (unpaired) electrons. The van der Waals surface area contributed by atoms with Crippen LogP contribution in [0.15, 0.2) is 28.7 Å². The molecule has 0 aliphatic rings.